The fourth-order valence-electron chi connectivity index (χ4n) is 2.71. The number of hydrogen-bond acceptors (Lipinski definition) is 3. The topological polar surface area (TPSA) is 81.4 Å². The van der Waals surface area contributed by atoms with Gasteiger partial charge in [-0.05, 0) is 30.4 Å². The summed E-state index contributed by atoms with van der Waals surface area (Å²) in [6.07, 6.45) is 2.54. The van der Waals surface area contributed by atoms with E-state index in [2.05, 4.69) is 17.4 Å². The summed E-state index contributed by atoms with van der Waals surface area (Å²) in [6.45, 7) is 2.58. The maximum Gasteiger partial charge on any atom is 0.243 e. The Morgan fingerprint density at radius 2 is 2.05 bits per heavy atom. The molecule has 2 rings (SSSR count). The minimum absolute atomic E-state index is 0.0414. The van der Waals surface area contributed by atoms with Gasteiger partial charge in [0.05, 0.1) is 12.0 Å². The zero-order valence-corrected chi connectivity index (χ0v) is 12.4. The van der Waals surface area contributed by atoms with Crippen molar-refractivity contribution in [3.05, 3.63) is 35.4 Å². The molecule has 5 nitrogen and oxygen atoms in total. The van der Waals surface area contributed by atoms with Crippen LogP contribution in [0.25, 0.3) is 0 Å². The number of carbonyl (C=O) groups excluding carboxylic acids is 2. The standard InChI is InChI=1S/C16H22N2O3/c1-16(15(20)18-8-9-21-11-14(17)19)7-6-12-4-2-3-5-13(12)10-16/h2-5H,6-11H2,1H3,(H2,17,19)(H,18,20). The van der Waals surface area contributed by atoms with E-state index >= 15 is 0 Å². The molecule has 0 fully saturated rings. The number of nitrogens with one attached hydrogen (secondary N) is 1. The highest BCUT2D eigenvalue weighted by Gasteiger charge is 2.36. The van der Waals surface area contributed by atoms with Crippen LogP contribution in [0.15, 0.2) is 24.3 Å². The number of carbonyl (C=O) groups is 2. The molecule has 0 aliphatic heterocycles. The lowest BCUT2D eigenvalue weighted by atomic mass is 9.72. The van der Waals surface area contributed by atoms with Crippen molar-refractivity contribution >= 4 is 11.8 Å². The molecule has 0 bridgehead atoms. The lowest BCUT2D eigenvalue weighted by Gasteiger charge is -2.33. The molecule has 0 saturated heterocycles. The molecule has 1 aliphatic rings. The Balaban J connectivity index is 1.84. The van der Waals surface area contributed by atoms with Gasteiger partial charge in [-0.1, -0.05) is 31.2 Å². The van der Waals surface area contributed by atoms with E-state index in [0.29, 0.717) is 13.2 Å². The van der Waals surface area contributed by atoms with E-state index in [4.69, 9.17) is 10.5 Å². The van der Waals surface area contributed by atoms with E-state index in [1.54, 1.807) is 0 Å². The zero-order chi connectivity index (χ0) is 15.3. The van der Waals surface area contributed by atoms with E-state index in [1.807, 2.05) is 19.1 Å². The summed E-state index contributed by atoms with van der Waals surface area (Å²) >= 11 is 0. The van der Waals surface area contributed by atoms with Crippen LogP contribution in [0.2, 0.25) is 0 Å². The monoisotopic (exact) mass is 290 g/mol. The van der Waals surface area contributed by atoms with Crippen LogP contribution in [0.3, 0.4) is 0 Å². The third-order valence-corrected chi connectivity index (χ3v) is 3.97. The third-order valence-electron chi connectivity index (χ3n) is 3.97. The van der Waals surface area contributed by atoms with Crippen LogP contribution in [0.5, 0.6) is 0 Å². The van der Waals surface area contributed by atoms with Crippen molar-refractivity contribution < 1.29 is 14.3 Å². The van der Waals surface area contributed by atoms with Gasteiger partial charge in [0.25, 0.3) is 0 Å². The van der Waals surface area contributed by atoms with Gasteiger partial charge in [-0.3, -0.25) is 9.59 Å². The van der Waals surface area contributed by atoms with Crippen molar-refractivity contribution in [1.82, 2.24) is 5.32 Å². The number of amides is 2. The molecule has 21 heavy (non-hydrogen) atoms. The van der Waals surface area contributed by atoms with Crippen LogP contribution in [-0.2, 0) is 27.2 Å². The zero-order valence-electron chi connectivity index (χ0n) is 12.4. The van der Waals surface area contributed by atoms with Crippen LogP contribution in [-0.4, -0.2) is 31.6 Å². The molecule has 0 heterocycles. The van der Waals surface area contributed by atoms with Crippen molar-refractivity contribution in [1.29, 1.82) is 0 Å². The van der Waals surface area contributed by atoms with Crippen LogP contribution < -0.4 is 11.1 Å². The van der Waals surface area contributed by atoms with Crippen molar-refractivity contribution in [3.63, 3.8) is 0 Å². The minimum Gasteiger partial charge on any atom is -0.370 e. The predicted molar refractivity (Wildman–Crippen MR) is 79.6 cm³/mol. The Labute approximate surface area is 124 Å². The van der Waals surface area contributed by atoms with Crippen molar-refractivity contribution in [2.24, 2.45) is 11.1 Å². The van der Waals surface area contributed by atoms with E-state index < -0.39 is 5.91 Å². The number of fused-ring (bicyclic) bond motifs is 1. The first-order valence-electron chi connectivity index (χ1n) is 7.22. The van der Waals surface area contributed by atoms with Crippen LogP contribution in [0.4, 0.5) is 0 Å². The largest absolute Gasteiger partial charge is 0.370 e. The number of aryl methyl sites for hydroxylation is 1. The van der Waals surface area contributed by atoms with Crippen LogP contribution in [0, 0.1) is 5.41 Å². The first kappa shape index (κ1) is 15.5. The Kier molecular flexibility index (Phi) is 4.96. The summed E-state index contributed by atoms with van der Waals surface area (Å²) in [5.74, 6) is -0.461. The SMILES string of the molecule is CC1(C(=O)NCCOCC(N)=O)CCc2ccccc2C1. The summed E-state index contributed by atoms with van der Waals surface area (Å²) in [5.41, 5.74) is 7.19. The average molecular weight is 290 g/mol. The molecule has 0 spiro atoms. The second-order valence-corrected chi connectivity index (χ2v) is 5.78. The summed E-state index contributed by atoms with van der Waals surface area (Å²) < 4.78 is 5.03. The van der Waals surface area contributed by atoms with Gasteiger partial charge in [0, 0.05) is 6.54 Å². The van der Waals surface area contributed by atoms with Gasteiger partial charge in [0.2, 0.25) is 11.8 Å². The predicted octanol–water partition coefficient (Wildman–Crippen LogP) is 0.800. The average Bonchev–Trinajstić information content (AvgIpc) is 2.46. The lowest BCUT2D eigenvalue weighted by Crippen LogP contribution is -2.43. The van der Waals surface area contributed by atoms with Gasteiger partial charge in [-0.2, -0.15) is 0 Å². The molecule has 1 aromatic rings. The van der Waals surface area contributed by atoms with Crippen molar-refractivity contribution in [3.8, 4) is 0 Å². The Morgan fingerprint density at radius 1 is 1.33 bits per heavy atom. The molecule has 1 aromatic carbocycles. The van der Waals surface area contributed by atoms with Gasteiger partial charge >= 0.3 is 0 Å². The highest BCUT2D eigenvalue weighted by molar-refractivity contribution is 5.83. The molecule has 114 valence electrons. The summed E-state index contributed by atoms with van der Waals surface area (Å²) in [6, 6.07) is 8.28. The molecule has 1 aliphatic carbocycles. The van der Waals surface area contributed by atoms with Gasteiger partial charge in [0.1, 0.15) is 6.61 Å². The second kappa shape index (κ2) is 6.72. The number of ether oxygens (including phenoxy) is 1. The van der Waals surface area contributed by atoms with Crippen molar-refractivity contribution in [2.45, 2.75) is 26.2 Å². The number of nitrogens with two attached hydrogens (primary N) is 1. The third kappa shape index (κ3) is 4.04. The molecule has 0 aromatic heterocycles. The molecular formula is C16H22N2O3. The maximum absolute atomic E-state index is 12.4. The number of primary amides is 1. The second-order valence-electron chi connectivity index (χ2n) is 5.78. The minimum atomic E-state index is -0.503. The van der Waals surface area contributed by atoms with E-state index in [-0.39, 0.29) is 17.9 Å². The van der Waals surface area contributed by atoms with Crippen LogP contribution >= 0.6 is 0 Å². The highest BCUT2D eigenvalue weighted by atomic mass is 16.5. The van der Waals surface area contributed by atoms with E-state index in [9.17, 15) is 9.59 Å². The number of rotatable bonds is 6. The first-order valence-corrected chi connectivity index (χ1v) is 7.22. The summed E-state index contributed by atoms with van der Waals surface area (Å²) in [4.78, 5) is 22.9. The molecule has 3 N–H and O–H groups in total. The number of hydrogen-bond donors (Lipinski definition) is 2. The first-order chi connectivity index (χ1) is 10.0. The fraction of sp³-hybridized carbons (Fsp3) is 0.500. The summed E-state index contributed by atoms with van der Waals surface area (Å²) in [5, 5.41) is 2.88. The quantitative estimate of drug-likeness (QED) is 0.760. The molecule has 0 saturated carbocycles. The van der Waals surface area contributed by atoms with Gasteiger partial charge in [0.15, 0.2) is 0 Å². The lowest BCUT2D eigenvalue weighted by molar-refractivity contribution is -0.131. The van der Waals surface area contributed by atoms with E-state index in [0.717, 1.165) is 19.3 Å². The summed E-state index contributed by atoms with van der Waals surface area (Å²) in [7, 11) is 0. The van der Waals surface area contributed by atoms with Crippen LogP contribution in [0.1, 0.15) is 24.5 Å². The van der Waals surface area contributed by atoms with Gasteiger partial charge in [-0.25, -0.2) is 0 Å². The molecule has 0 radical (unpaired) electrons. The Bertz CT molecular complexity index is 530. The molecule has 5 heteroatoms. The highest BCUT2D eigenvalue weighted by Crippen LogP contribution is 2.35. The Morgan fingerprint density at radius 3 is 2.76 bits per heavy atom. The molecule has 2 amide bonds. The smallest absolute Gasteiger partial charge is 0.243 e. The Hall–Kier alpha value is -1.88. The molecular weight excluding hydrogens is 268 g/mol. The normalized spacial score (nSPS) is 20.6. The van der Waals surface area contributed by atoms with Gasteiger partial charge < -0.3 is 15.8 Å². The van der Waals surface area contributed by atoms with Crippen molar-refractivity contribution in [2.75, 3.05) is 19.8 Å². The maximum atomic E-state index is 12.4. The van der Waals surface area contributed by atoms with Gasteiger partial charge in [-0.15, -0.1) is 0 Å². The fourth-order valence-corrected chi connectivity index (χ4v) is 2.71. The molecule has 1 atom stereocenters. The number of benzene rings is 1. The van der Waals surface area contributed by atoms with E-state index in [1.165, 1.54) is 11.1 Å². The molecule has 1 unspecified atom stereocenters.